The van der Waals surface area contributed by atoms with Crippen LogP contribution >= 0.6 is 0 Å². The second kappa shape index (κ2) is 8.94. The number of Topliss-reactive ketones (excluding diaryl/α,β-unsaturated/α-hetero) is 1. The fourth-order valence-electron chi connectivity index (χ4n) is 2.14. The molecule has 0 saturated heterocycles. The molecule has 1 atom stereocenters. The molecule has 0 amide bonds. The van der Waals surface area contributed by atoms with Crippen molar-refractivity contribution in [2.45, 2.75) is 72.6 Å². The van der Waals surface area contributed by atoms with Gasteiger partial charge in [0.2, 0.25) is 0 Å². The molecule has 0 aromatic rings. The van der Waals surface area contributed by atoms with Gasteiger partial charge in [0.1, 0.15) is 5.78 Å². The summed E-state index contributed by atoms with van der Waals surface area (Å²) in [6.45, 7) is 8.67. The van der Waals surface area contributed by atoms with E-state index >= 15 is 0 Å². The number of ketones is 1. The second-order valence-electron chi connectivity index (χ2n) is 4.60. The van der Waals surface area contributed by atoms with Crippen LogP contribution in [0.4, 0.5) is 0 Å². The molecule has 15 heavy (non-hydrogen) atoms. The maximum absolute atomic E-state index is 11.9. The molecule has 0 rings (SSSR count). The van der Waals surface area contributed by atoms with Crippen molar-refractivity contribution >= 4 is 5.78 Å². The zero-order valence-electron chi connectivity index (χ0n) is 11.0. The van der Waals surface area contributed by atoms with Gasteiger partial charge >= 0.3 is 0 Å². The largest absolute Gasteiger partial charge is 0.299 e. The lowest BCUT2D eigenvalue weighted by atomic mass is 9.87. The van der Waals surface area contributed by atoms with Gasteiger partial charge < -0.3 is 0 Å². The molecule has 0 saturated carbocycles. The zero-order chi connectivity index (χ0) is 11.7. The van der Waals surface area contributed by atoms with Crippen molar-refractivity contribution in [3.05, 3.63) is 0 Å². The van der Waals surface area contributed by atoms with E-state index in [1.54, 1.807) is 0 Å². The van der Waals surface area contributed by atoms with Crippen molar-refractivity contribution in [2.24, 2.45) is 11.8 Å². The predicted molar refractivity (Wildman–Crippen MR) is 67.0 cm³/mol. The van der Waals surface area contributed by atoms with Crippen molar-refractivity contribution < 1.29 is 4.79 Å². The first-order chi connectivity index (χ1) is 7.19. The molecule has 0 aromatic heterocycles. The van der Waals surface area contributed by atoms with E-state index in [-0.39, 0.29) is 0 Å². The summed E-state index contributed by atoms with van der Waals surface area (Å²) in [6.07, 6.45) is 7.76. The Bertz CT molecular complexity index is 159. The number of carbonyl (C=O) groups excluding carboxylic acids is 1. The minimum Gasteiger partial charge on any atom is -0.299 e. The lowest BCUT2D eigenvalue weighted by molar-refractivity contribution is -0.124. The van der Waals surface area contributed by atoms with Crippen LogP contribution in [0.25, 0.3) is 0 Å². The van der Waals surface area contributed by atoms with Gasteiger partial charge in [-0.25, -0.2) is 0 Å². The van der Waals surface area contributed by atoms with Gasteiger partial charge in [-0.15, -0.1) is 0 Å². The van der Waals surface area contributed by atoms with Gasteiger partial charge in [0.05, 0.1) is 0 Å². The lowest BCUT2D eigenvalue weighted by Gasteiger charge is -2.17. The van der Waals surface area contributed by atoms with Crippen molar-refractivity contribution in [1.82, 2.24) is 0 Å². The molecule has 90 valence electrons. The molecular formula is C14H28O. The Balaban J connectivity index is 3.98. The van der Waals surface area contributed by atoms with E-state index in [0.29, 0.717) is 17.6 Å². The SMILES string of the molecule is CCCCC(CC)CC(=O)C(CC)CC. The van der Waals surface area contributed by atoms with Gasteiger partial charge in [-0.2, -0.15) is 0 Å². The summed E-state index contributed by atoms with van der Waals surface area (Å²) < 4.78 is 0. The van der Waals surface area contributed by atoms with Crippen LogP contribution in [0.5, 0.6) is 0 Å². The normalized spacial score (nSPS) is 13.1. The number of hydrogen-bond donors (Lipinski definition) is 0. The third-order valence-corrected chi connectivity index (χ3v) is 3.47. The summed E-state index contributed by atoms with van der Waals surface area (Å²) in [5.74, 6) is 1.46. The van der Waals surface area contributed by atoms with E-state index in [1.165, 1.54) is 19.3 Å². The second-order valence-corrected chi connectivity index (χ2v) is 4.60. The monoisotopic (exact) mass is 212 g/mol. The maximum Gasteiger partial charge on any atom is 0.136 e. The Morgan fingerprint density at radius 2 is 1.60 bits per heavy atom. The van der Waals surface area contributed by atoms with E-state index in [9.17, 15) is 4.79 Å². The lowest BCUT2D eigenvalue weighted by Crippen LogP contribution is -2.16. The Labute approximate surface area is 95.6 Å². The van der Waals surface area contributed by atoms with Gasteiger partial charge in [0, 0.05) is 12.3 Å². The van der Waals surface area contributed by atoms with Gasteiger partial charge in [0.15, 0.2) is 0 Å². The van der Waals surface area contributed by atoms with Crippen molar-refractivity contribution in [3.63, 3.8) is 0 Å². The standard InChI is InChI=1S/C14H28O/c1-5-9-10-12(6-2)11-14(15)13(7-3)8-4/h12-13H,5-11H2,1-4H3. The number of unbranched alkanes of at least 4 members (excludes halogenated alkanes) is 1. The smallest absolute Gasteiger partial charge is 0.136 e. The van der Waals surface area contributed by atoms with Crippen LogP contribution in [0.1, 0.15) is 72.6 Å². The minimum absolute atomic E-state index is 0.320. The fourth-order valence-corrected chi connectivity index (χ4v) is 2.14. The van der Waals surface area contributed by atoms with Gasteiger partial charge in [-0.1, -0.05) is 53.4 Å². The fraction of sp³-hybridized carbons (Fsp3) is 0.929. The molecule has 0 heterocycles. The molecule has 0 spiro atoms. The van der Waals surface area contributed by atoms with E-state index in [0.717, 1.165) is 25.7 Å². The molecule has 0 aliphatic heterocycles. The molecule has 0 aliphatic rings. The van der Waals surface area contributed by atoms with Crippen LogP contribution in [0.3, 0.4) is 0 Å². The quantitative estimate of drug-likeness (QED) is 0.546. The van der Waals surface area contributed by atoms with Crippen molar-refractivity contribution in [2.75, 3.05) is 0 Å². The third-order valence-electron chi connectivity index (χ3n) is 3.47. The summed E-state index contributed by atoms with van der Waals surface area (Å²) >= 11 is 0. The number of hydrogen-bond acceptors (Lipinski definition) is 1. The first kappa shape index (κ1) is 14.7. The van der Waals surface area contributed by atoms with Gasteiger partial charge in [-0.3, -0.25) is 4.79 Å². The first-order valence-electron chi connectivity index (χ1n) is 6.72. The van der Waals surface area contributed by atoms with Crippen LogP contribution < -0.4 is 0 Å². The highest BCUT2D eigenvalue weighted by Crippen LogP contribution is 2.21. The topological polar surface area (TPSA) is 17.1 Å². The first-order valence-corrected chi connectivity index (χ1v) is 6.72. The Kier molecular flexibility index (Phi) is 8.74. The maximum atomic E-state index is 11.9. The molecule has 0 bridgehead atoms. The predicted octanol–water partition coefficient (Wildman–Crippen LogP) is 4.60. The van der Waals surface area contributed by atoms with E-state index in [1.807, 2.05) is 0 Å². The molecule has 0 aromatic carbocycles. The van der Waals surface area contributed by atoms with Crippen LogP contribution in [0.2, 0.25) is 0 Å². The third kappa shape index (κ3) is 5.96. The summed E-state index contributed by atoms with van der Waals surface area (Å²) in [4.78, 5) is 11.9. The van der Waals surface area contributed by atoms with Crippen LogP contribution in [0.15, 0.2) is 0 Å². The summed E-state index contributed by atoms with van der Waals surface area (Å²) in [6, 6.07) is 0. The summed E-state index contributed by atoms with van der Waals surface area (Å²) in [5, 5.41) is 0. The molecular weight excluding hydrogens is 184 g/mol. The van der Waals surface area contributed by atoms with E-state index < -0.39 is 0 Å². The minimum atomic E-state index is 0.320. The molecule has 0 N–H and O–H groups in total. The molecule has 1 unspecified atom stereocenters. The van der Waals surface area contributed by atoms with Crippen LogP contribution in [-0.2, 0) is 4.79 Å². The number of carbonyl (C=O) groups is 1. The molecule has 1 nitrogen and oxygen atoms in total. The number of rotatable bonds is 9. The van der Waals surface area contributed by atoms with Gasteiger partial charge in [0.25, 0.3) is 0 Å². The Hall–Kier alpha value is -0.330. The Morgan fingerprint density at radius 1 is 1.00 bits per heavy atom. The van der Waals surface area contributed by atoms with E-state index in [4.69, 9.17) is 0 Å². The zero-order valence-corrected chi connectivity index (χ0v) is 11.0. The highest BCUT2D eigenvalue weighted by Gasteiger charge is 2.18. The molecule has 0 fully saturated rings. The molecule has 1 heteroatoms. The average Bonchev–Trinajstić information content (AvgIpc) is 2.25. The average molecular weight is 212 g/mol. The highest BCUT2D eigenvalue weighted by molar-refractivity contribution is 5.81. The highest BCUT2D eigenvalue weighted by atomic mass is 16.1. The van der Waals surface area contributed by atoms with Crippen LogP contribution in [-0.4, -0.2) is 5.78 Å². The summed E-state index contributed by atoms with van der Waals surface area (Å²) in [5.41, 5.74) is 0. The summed E-state index contributed by atoms with van der Waals surface area (Å²) in [7, 11) is 0. The van der Waals surface area contributed by atoms with E-state index in [2.05, 4.69) is 27.7 Å². The molecule has 0 radical (unpaired) electrons. The van der Waals surface area contributed by atoms with Crippen molar-refractivity contribution in [1.29, 1.82) is 0 Å². The van der Waals surface area contributed by atoms with Crippen LogP contribution in [0, 0.1) is 11.8 Å². The molecule has 0 aliphatic carbocycles. The van der Waals surface area contributed by atoms with Gasteiger partial charge in [-0.05, 0) is 18.8 Å². The Morgan fingerprint density at radius 3 is 2.00 bits per heavy atom. The van der Waals surface area contributed by atoms with Crippen molar-refractivity contribution in [3.8, 4) is 0 Å².